The van der Waals surface area contributed by atoms with E-state index in [1.807, 2.05) is 20.0 Å². The molecule has 0 saturated carbocycles. The Morgan fingerprint density at radius 1 is 1.26 bits per heavy atom. The molecule has 0 aliphatic heterocycles. The molecule has 4 nitrogen and oxygen atoms in total. The van der Waals surface area contributed by atoms with Crippen molar-refractivity contribution in [3.8, 4) is 0 Å². The van der Waals surface area contributed by atoms with Gasteiger partial charge in [-0.15, -0.1) is 0 Å². The summed E-state index contributed by atoms with van der Waals surface area (Å²) in [4.78, 5) is 14.6. The number of H-pyrrole nitrogens is 1. The van der Waals surface area contributed by atoms with Gasteiger partial charge in [-0.25, -0.2) is 0 Å². The minimum Gasteiger partial charge on any atom is -0.361 e. The Morgan fingerprint density at radius 2 is 2.11 bits per heavy atom. The van der Waals surface area contributed by atoms with Gasteiger partial charge in [0.1, 0.15) is 0 Å². The number of carbonyl (C=O) groups is 1. The molecule has 0 atom stereocenters. The average Bonchev–Trinajstić information content (AvgIpc) is 2.85. The van der Waals surface area contributed by atoms with E-state index in [4.69, 9.17) is 0 Å². The first-order chi connectivity index (χ1) is 9.16. The molecule has 0 saturated heterocycles. The highest BCUT2D eigenvalue weighted by molar-refractivity contribution is 5.79. The highest BCUT2D eigenvalue weighted by Crippen LogP contribution is 2.13. The molecule has 0 unspecified atom stereocenters. The minimum absolute atomic E-state index is 0.0512. The minimum atomic E-state index is 0.0512. The summed E-state index contributed by atoms with van der Waals surface area (Å²) < 4.78 is 0. The fraction of sp³-hybridized carbons (Fsp3) is 0.400. The number of nitrogens with one attached hydrogen (secondary N) is 3. The van der Waals surface area contributed by atoms with Crippen LogP contribution in [0.1, 0.15) is 19.4 Å². The summed E-state index contributed by atoms with van der Waals surface area (Å²) >= 11 is 0. The van der Waals surface area contributed by atoms with E-state index in [0.717, 1.165) is 18.6 Å². The van der Waals surface area contributed by atoms with Crippen molar-refractivity contribution in [1.82, 2.24) is 15.6 Å². The molecule has 3 N–H and O–H groups in total. The van der Waals surface area contributed by atoms with Crippen LogP contribution in [0, 0.1) is 5.92 Å². The summed E-state index contributed by atoms with van der Waals surface area (Å²) in [5.74, 6) is 0.157. The highest BCUT2D eigenvalue weighted by atomic mass is 16.1. The second-order valence-electron chi connectivity index (χ2n) is 5.02. The van der Waals surface area contributed by atoms with E-state index in [1.165, 1.54) is 10.9 Å². The average molecular weight is 259 g/mol. The fourth-order valence-electron chi connectivity index (χ4n) is 1.92. The summed E-state index contributed by atoms with van der Waals surface area (Å²) in [5.41, 5.74) is 2.40. The number of aromatic nitrogens is 1. The molecule has 102 valence electrons. The molecule has 0 radical (unpaired) electrons. The lowest BCUT2D eigenvalue weighted by molar-refractivity contribution is -0.123. The Balaban J connectivity index is 1.72. The van der Waals surface area contributed by atoms with Gasteiger partial charge in [-0.1, -0.05) is 26.0 Å². The Kier molecular flexibility index (Phi) is 4.58. The van der Waals surface area contributed by atoms with Crippen molar-refractivity contribution in [2.45, 2.75) is 20.4 Å². The number of hydrogen-bond donors (Lipinski definition) is 3. The molecule has 0 aliphatic rings. The topological polar surface area (TPSA) is 56.9 Å². The van der Waals surface area contributed by atoms with Crippen molar-refractivity contribution in [3.63, 3.8) is 0 Å². The van der Waals surface area contributed by atoms with Gasteiger partial charge in [0.25, 0.3) is 0 Å². The standard InChI is InChI=1S/C15H21N3O/c1-11(2)15(19)18-8-7-16-10-12-3-4-13-5-6-17-14(13)9-12/h3-6,9,11,16-17H,7-8,10H2,1-2H3,(H,18,19). The smallest absolute Gasteiger partial charge is 0.222 e. The summed E-state index contributed by atoms with van der Waals surface area (Å²) in [7, 11) is 0. The van der Waals surface area contributed by atoms with Crippen molar-refractivity contribution < 1.29 is 4.79 Å². The highest BCUT2D eigenvalue weighted by Gasteiger charge is 2.04. The molecule has 1 amide bonds. The Morgan fingerprint density at radius 3 is 2.89 bits per heavy atom. The Bertz CT molecular complexity index is 545. The predicted molar refractivity (Wildman–Crippen MR) is 77.9 cm³/mol. The third-order valence-electron chi connectivity index (χ3n) is 3.07. The number of hydrogen-bond acceptors (Lipinski definition) is 2. The molecule has 2 rings (SSSR count). The number of fused-ring (bicyclic) bond motifs is 1. The molecule has 1 heterocycles. The second kappa shape index (κ2) is 6.38. The first-order valence-corrected chi connectivity index (χ1v) is 6.71. The molecule has 1 aromatic heterocycles. The van der Waals surface area contributed by atoms with E-state index < -0.39 is 0 Å². The normalized spacial score (nSPS) is 11.1. The van der Waals surface area contributed by atoms with Crippen molar-refractivity contribution >= 4 is 16.8 Å². The first kappa shape index (κ1) is 13.6. The van der Waals surface area contributed by atoms with Gasteiger partial charge in [0.15, 0.2) is 0 Å². The maximum absolute atomic E-state index is 11.3. The monoisotopic (exact) mass is 259 g/mol. The Hall–Kier alpha value is -1.81. The SMILES string of the molecule is CC(C)C(=O)NCCNCc1ccc2cc[nH]c2c1. The summed E-state index contributed by atoms with van der Waals surface area (Å²) in [6.07, 6.45) is 1.95. The molecule has 19 heavy (non-hydrogen) atoms. The van der Waals surface area contributed by atoms with Crippen molar-refractivity contribution in [1.29, 1.82) is 0 Å². The van der Waals surface area contributed by atoms with Gasteiger partial charge in [0, 0.05) is 37.3 Å². The van der Waals surface area contributed by atoms with Gasteiger partial charge < -0.3 is 15.6 Å². The molecular weight excluding hydrogens is 238 g/mol. The fourth-order valence-corrected chi connectivity index (χ4v) is 1.92. The molecular formula is C15H21N3O. The maximum Gasteiger partial charge on any atom is 0.222 e. The number of amides is 1. The molecule has 0 bridgehead atoms. The lowest BCUT2D eigenvalue weighted by Gasteiger charge is -2.08. The van der Waals surface area contributed by atoms with E-state index in [1.54, 1.807) is 0 Å². The van der Waals surface area contributed by atoms with E-state index in [0.29, 0.717) is 6.54 Å². The quantitative estimate of drug-likeness (QED) is 0.695. The van der Waals surface area contributed by atoms with Crippen LogP contribution in [0.3, 0.4) is 0 Å². The van der Waals surface area contributed by atoms with Gasteiger partial charge in [-0.2, -0.15) is 0 Å². The third kappa shape index (κ3) is 3.83. The predicted octanol–water partition coefficient (Wildman–Crippen LogP) is 2.03. The zero-order valence-electron chi connectivity index (χ0n) is 11.5. The molecule has 2 aromatic rings. The van der Waals surface area contributed by atoms with Crippen LogP contribution >= 0.6 is 0 Å². The van der Waals surface area contributed by atoms with Crippen LogP contribution in [0.15, 0.2) is 30.5 Å². The van der Waals surface area contributed by atoms with Gasteiger partial charge in [0.2, 0.25) is 5.91 Å². The summed E-state index contributed by atoms with van der Waals surface area (Å²) in [5, 5.41) is 7.44. The van der Waals surface area contributed by atoms with E-state index in [-0.39, 0.29) is 11.8 Å². The molecule has 0 fully saturated rings. The summed E-state index contributed by atoms with van der Waals surface area (Å²) in [6, 6.07) is 8.45. The van der Waals surface area contributed by atoms with Gasteiger partial charge in [-0.3, -0.25) is 4.79 Å². The maximum atomic E-state index is 11.3. The van der Waals surface area contributed by atoms with Crippen LogP contribution < -0.4 is 10.6 Å². The number of benzene rings is 1. The van der Waals surface area contributed by atoms with Crippen molar-refractivity contribution in [3.05, 3.63) is 36.0 Å². The van der Waals surface area contributed by atoms with Crippen LogP contribution in [-0.2, 0) is 11.3 Å². The summed E-state index contributed by atoms with van der Waals surface area (Å²) in [6.45, 7) is 6.05. The van der Waals surface area contributed by atoms with Crippen LogP contribution in [0.25, 0.3) is 10.9 Å². The number of aromatic amines is 1. The van der Waals surface area contributed by atoms with Crippen molar-refractivity contribution in [2.24, 2.45) is 5.92 Å². The zero-order valence-corrected chi connectivity index (χ0v) is 11.5. The van der Waals surface area contributed by atoms with Crippen LogP contribution in [-0.4, -0.2) is 24.0 Å². The largest absolute Gasteiger partial charge is 0.361 e. The van der Waals surface area contributed by atoms with Crippen LogP contribution in [0.4, 0.5) is 0 Å². The first-order valence-electron chi connectivity index (χ1n) is 6.71. The second-order valence-corrected chi connectivity index (χ2v) is 5.02. The van der Waals surface area contributed by atoms with Gasteiger partial charge in [0.05, 0.1) is 0 Å². The van der Waals surface area contributed by atoms with Gasteiger partial charge >= 0.3 is 0 Å². The Labute approximate surface area is 113 Å². The van der Waals surface area contributed by atoms with Crippen molar-refractivity contribution in [2.75, 3.05) is 13.1 Å². The van der Waals surface area contributed by atoms with E-state index >= 15 is 0 Å². The molecule has 0 aliphatic carbocycles. The van der Waals surface area contributed by atoms with E-state index in [2.05, 4.69) is 39.9 Å². The van der Waals surface area contributed by atoms with Crippen LogP contribution in [0.5, 0.6) is 0 Å². The van der Waals surface area contributed by atoms with Gasteiger partial charge in [-0.05, 0) is 23.1 Å². The number of carbonyl (C=O) groups excluding carboxylic acids is 1. The third-order valence-corrected chi connectivity index (χ3v) is 3.07. The molecule has 4 heteroatoms. The van der Waals surface area contributed by atoms with E-state index in [9.17, 15) is 4.79 Å². The number of rotatable bonds is 6. The molecule has 1 aromatic carbocycles. The lowest BCUT2D eigenvalue weighted by Crippen LogP contribution is -2.34. The lowest BCUT2D eigenvalue weighted by atomic mass is 10.1. The molecule has 0 spiro atoms. The van der Waals surface area contributed by atoms with Crippen LogP contribution in [0.2, 0.25) is 0 Å². The zero-order chi connectivity index (χ0) is 13.7.